The number of rotatable bonds is 6. The van der Waals surface area contributed by atoms with E-state index in [-0.39, 0.29) is 5.78 Å². The molecule has 0 amide bonds. The van der Waals surface area contributed by atoms with E-state index in [2.05, 4.69) is 13.8 Å². The third kappa shape index (κ3) is 5.04. The lowest BCUT2D eigenvalue weighted by Gasteiger charge is -2.04. The second kappa shape index (κ2) is 6.97. The Morgan fingerprint density at radius 1 is 1.44 bits per heavy atom. The Kier molecular flexibility index (Phi) is 5.93. The molecule has 0 heterocycles. The van der Waals surface area contributed by atoms with Gasteiger partial charge < -0.3 is 0 Å². The fourth-order valence-electron chi connectivity index (χ4n) is 1.23. The molecule has 0 saturated heterocycles. The molecule has 1 rings (SSSR count). The molecule has 0 atom stereocenters. The molecule has 1 aromatic carbocycles. The molecule has 0 radical (unpaired) electrons. The number of halogens is 1. The summed E-state index contributed by atoms with van der Waals surface area (Å²) in [4.78, 5) is 11.8. The summed E-state index contributed by atoms with van der Waals surface area (Å²) in [5.41, 5.74) is 0.713. The van der Waals surface area contributed by atoms with Gasteiger partial charge in [0, 0.05) is 10.6 Å². The van der Waals surface area contributed by atoms with E-state index in [9.17, 15) is 4.79 Å². The van der Waals surface area contributed by atoms with Crippen LogP contribution in [0, 0.1) is 5.92 Å². The van der Waals surface area contributed by atoms with Crippen molar-refractivity contribution in [3.05, 3.63) is 34.9 Å². The van der Waals surface area contributed by atoms with Gasteiger partial charge in [-0.3, -0.25) is 4.79 Å². The van der Waals surface area contributed by atoms with Crippen molar-refractivity contribution in [2.75, 3.05) is 11.5 Å². The number of hydrogen-bond donors (Lipinski definition) is 0. The fourth-order valence-corrected chi connectivity index (χ4v) is 2.55. The lowest BCUT2D eigenvalue weighted by molar-refractivity contribution is 0.102. The van der Waals surface area contributed by atoms with Crippen molar-refractivity contribution in [3.63, 3.8) is 0 Å². The first kappa shape index (κ1) is 13.6. The zero-order valence-corrected chi connectivity index (χ0v) is 11.3. The van der Waals surface area contributed by atoms with E-state index in [4.69, 9.17) is 11.6 Å². The summed E-state index contributed by atoms with van der Waals surface area (Å²) in [6, 6.07) is 7.14. The van der Waals surface area contributed by atoms with Gasteiger partial charge in [0.2, 0.25) is 0 Å². The molecule has 0 aliphatic heterocycles. The zero-order valence-electron chi connectivity index (χ0n) is 9.70. The van der Waals surface area contributed by atoms with E-state index in [1.165, 1.54) is 0 Å². The van der Waals surface area contributed by atoms with Crippen molar-refractivity contribution in [2.45, 2.75) is 20.3 Å². The van der Waals surface area contributed by atoms with Crippen molar-refractivity contribution < 1.29 is 4.79 Å². The van der Waals surface area contributed by atoms with Crippen LogP contribution in [0.3, 0.4) is 0 Å². The van der Waals surface area contributed by atoms with Crippen molar-refractivity contribution in [3.8, 4) is 0 Å². The number of thioether (sulfide) groups is 1. The SMILES string of the molecule is CC(C)CCSCC(=O)c1cccc(Cl)c1. The largest absolute Gasteiger partial charge is 0.293 e. The Balaban J connectivity index is 2.35. The first-order chi connectivity index (χ1) is 7.59. The van der Waals surface area contributed by atoms with Crippen LogP contribution in [0.2, 0.25) is 5.02 Å². The Bertz CT molecular complexity index is 350. The van der Waals surface area contributed by atoms with Gasteiger partial charge in [-0.2, -0.15) is 11.8 Å². The average Bonchev–Trinajstić information content (AvgIpc) is 2.24. The molecule has 0 fully saturated rings. The van der Waals surface area contributed by atoms with Gasteiger partial charge in [-0.15, -0.1) is 0 Å². The van der Waals surface area contributed by atoms with Gasteiger partial charge >= 0.3 is 0 Å². The van der Waals surface area contributed by atoms with Crippen molar-refractivity contribution >= 4 is 29.1 Å². The number of hydrogen-bond acceptors (Lipinski definition) is 2. The lowest BCUT2D eigenvalue weighted by Crippen LogP contribution is -2.03. The predicted octanol–water partition coefficient (Wildman–Crippen LogP) is 4.30. The maximum absolute atomic E-state index is 11.8. The Morgan fingerprint density at radius 3 is 2.81 bits per heavy atom. The predicted molar refractivity (Wildman–Crippen MR) is 72.6 cm³/mol. The van der Waals surface area contributed by atoms with Gasteiger partial charge in [0.05, 0.1) is 5.75 Å². The summed E-state index contributed by atoms with van der Waals surface area (Å²) in [6.07, 6.45) is 1.16. The van der Waals surface area contributed by atoms with Crippen LogP contribution < -0.4 is 0 Å². The maximum atomic E-state index is 11.8. The van der Waals surface area contributed by atoms with Gasteiger partial charge in [0.1, 0.15) is 0 Å². The van der Waals surface area contributed by atoms with Crippen LogP contribution in [0.4, 0.5) is 0 Å². The lowest BCUT2D eigenvalue weighted by atomic mass is 10.1. The second-order valence-electron chi connectivity index (χ2n) is 4.17. The summed E-state index contributed by atoms with van der Waals surface area (Å²) in [5.74, 6) is 2.46. The molecule has 1 nitrogen and oxygen atoms in total. The van der Waals surface area contributed by atoms with Crippen LogP contribution in [-0.2, 0) is 0 Å². The van der Waals surface area contributed by atoms with Gasteiger partial charge in [0.25, 0.3) is 0 Å². The minimum Gasteiger partial charge on any atom is -0.293 e. The maximum Gasteiger partial charge on any atom is 0.172 e. The van der Waals surface area contributed by atoms with Crippen molar-refractivity contribution in [1.29, 1.82) is 0 Å². The molecule has 0 aliphatic rings. The van der Waals surface area contributed by atoms with Gasteiger partial charge in [-0.1, -0.05) is 37.6 Å². The second-order valence-corrected chi connectivity index (χ2v) is 5.71. The first-order valence-electron chi connectivity index (χ1n) is 5.46. The van der Waals surface area contributed by atoms with Crippen LogP contribution in [0.25, 0.3) is 0 Å². The summed E-state index contributed by atoms with van der Waals surface area (Å²) < 4.78 is 0. The number of Topliss-reactive ketones (excluding diaryl/α,β-unsaturated/α-hetero) is 1. The quantitative estimate of drug-likeness (QED) is 0.558. The number of ketones is 1. The fraction of sp³-hybridized carbons (Fsp3) is 0.462. The van der Waals surface area contributed by atoms with E-state index in [1.807, 2.05) is 12.1 Å². The molecule has 0 unspecified atom stereocenters. The third-order valence-electron chi connectivity index (χ3n) is 2.22. The molecule has 1 aromatic rings. The highest BCUT2D eigenvalue weighted by molar-refractivity contribution is 7.99. The Morgan fingerprint density at radius 2 is 2.19 bits per heavy atom. The molecule has 0 saturated carbocycles. The highest BCUT2D eigenvalue weighted by Gasteiger charge is 2.06. The Labute approximate surface area is 107 Å². The van der Waals surface area contributed by atoms with Crippen LogP contribution in [0.1, 0.15) is 30.6 Å². The standard InChI is InChI=1S/C13H17ClOS/c1-10(2)6-7-16-9-13(15)11-4-3-5-12(14)8-11/h3-5,8,10H,6-7,9H2,1-2H3. The van der Waals surface area contributed by atoms with Crippen LogP contribution in [-0.4, -0.2) is 17.3 Å². The summed E-state index contributed by atoms with van der Waals surface area (Å²) in [6.45, 7) is 4.39. The number of benzene rings is 1. The van der Waals surface area contributed by atoms with Crippen LogP contribution in [0.5, 0.6) is 0 Å². The average molecular weight is 257 g/mol. The Hall–Kier alpha value is -0.470. The van der Waals surface area contributed by atoms with E-state index in [0.29, 0.717) is 22.3 Å². The minimum absolute atomic E-state index is 0.163. The van der Waals surface area contributed by atoms with E-state index >= 15 is 0 Å². The molecular formula is C13H17ClOS. The van der Waals surface area contributed by atoms with Crippen LogP contribution in [0.15, 0.2) is 24.3 Å². The third-order valence-corrected chi connectivity index (χ3v) is 3.45. The normalized spacial score (nSPS) is 10.8. The molecule has 88 valence electrons. The van der Waals surface area contributed by atoms with Crippen LogP contribution >= 0.6 is 23.4 Å². The molecule has 0 bridgehead atoms. The molecule has 0 aliphatic carbocycles. The van der Waals surface area contributed by atoms with Gasteiger partial charge in [-0.25, -0.2) is 0 Å². The molecule has 0 aromatic heterocycles. The monoisotopic (exact) mass is 256 g/mol. The van der Waals surface area contributed by atoms with Crippen molar-refractivity contribution in [2.24, 2.45) is 5.92 Å². The highest BCUT2D eigenvalue weighted by atomic mass is 35.5. The molecule has 16 heavy (non-hydrogen) atoms. The topological polar surface area (TPSA) is 17.1 Å². The number of carbonyl (C=O) groups is 1. The summed E-state index contributed by atoms with van der Waals surface area (Å²) in [5, 5.41) is 0.623. The minimum atomic E-state index is 0.163. The summed E-state index contributed by atoms with van der Waals surface area (Å²) >= 11 is 7.53. The molecule has 0 N–H and O–H groups in total. The van der Waals surface area contributed by atoms with Gasteiger partial charge in [0.15, 0.2) is 5.78 Å². The molecule has 3 heteroatoms. The smallest absolute Gasteiger partial charge is 0.172 e. The van der Waals surface area contributed by atoms with Crippen molar-refractivity contribution in [1.82, 2.24) is 0 Å². The van der Waals surface area contributed by atoms with E-state index in [1.54, 1.807) is 23.9 Å². The molecular weight excluding hydrogens is 240 g/mol. The van der Waals surface area contributed by atoms with E-state index in [0.717, 1.165) is 12.2 Å². The summed E-state index contributed by atoms with van der Waals surface area (Å²) in [7, 11) is 0. The number of carbonyl (C=O) groups excluding carboxylic acids is 1. The van der Waals surface area contributed by atoms with Gasteiger partial charge in [-0.05, 0) is 30.2 Å². The zero-order chi connectivity index (χ0) is 12.0. The highest BCUT2D eigenvalue weighted by Crippen LogP contribution is 2.14. The first-order valence-corrected chi connectivity index (χ1v) is 6.99. The molecule has 0 spiro atoms. The van der Waals surface area contributed by atoms with E-state index < -0.39 is 0 Å².